The van der Waals surface area contributed by atoms with Crippen molar-refractivity contribution in [1.82, 2.24) is 9.97 Å². The summed E-state index contributed by atoms with van der Waals surface area (Å²) in [6.45, 7) is 0. The Morgan fingerprint density at radius 3 is 2.92 bits per heavy atom. The van der Waals surface area contributed by atoms with Crippen molar-refractivity contribution in [1.29, 1.82) is 0 Å². The van der Waals surface area contributed by atoms with Crippen LogP contribution in [0, 0.1) is 0 Å². The summed E-state index contributed by atoms with van der Waals surface area (Å²) in [5.41, 5.74) is 1.05. The van der Waals surface area contributed by atoms with E-state index in [-0.39, 0.29) is 10.7 Å². The number of hydrogen-bond acceptors (Lipinski definition) is 2. The van der Waals surface area contributed by atoms with E-state index in [1.54, 1.807) is 12.1 Å². The average molecular weight is 181 g/mol. The second-order valence-electron chi connectivity index (χ2n) is 2.37. The maximum Gasteiger partial charge on any atom is 0.286 e. The van der Waals surface area contributed by atoms with Crippen molar-refractivity contribution in [3.63, 3.8) is 0 Å². The van der Waals surface area contributed by atoms with Gasteiger partial charge in [-0.3, -0.25) is 4.79 Å². The normalized spacial score (nSPS) is 10.4. The maximum absolute atomic E-state index is 11.0. The zero-order valence-electron chi connectivity index (χ0n) is 6.04. The molecule has 0 unspecified atom stereocenters. The predicted octanol–water partition coefficient (Wildman–Crippen LogP) is 1.58. The van der Waals surface area contributed by atoms with Crippen LogP contribution in [-0.4, -0.2) is 9.97 Å². The van der Waals surface area contributed by atoms with Crippen LogP contribution >= 0.6 is 11.6 Å². The second kappa shape index (κ2) is 2.60. The van der Waals surface area contributed by atoms with Gasteiger partial charge in [-0.2, -0.15) is 0 Å². The van der Waals surface area contributed by atoms with Gasteiger partial charge in [-0.15, -0.1) is 0 Å². The summed E-state index contributed by atoms with van der Waals surface area (Å²) in [6.07, 6.45) is 0. The fourth-order valence-electron chi connectivity index (χ4n) is 1.01. The third-order valence-electron chi connectivity index (χ3n) is 1.56. The van der Waals surface area contributed by atoms with E-state index in [9.17, 15) is 4.79 Å². The van der Waals surface area contributed by atoms with Gasteiger partial charge in [0.15, 0.2) is 5.15 Å². The van der Waals surface area contributed by atoms with Crippen LogP contribution in [0.1, 0.15) is 0 Å². The van der Waals surface area contributed by atoms with E-state index in [0.29, 0.717) is 11.0 Å². The summed E-state index contributed by atoms with van der Waals surface area (Å²) in [7, 11) is 0. The number of benzene rings is 1. The first-order chi connectivity index (χ1) is 5.77. The van der Waals surface area contributed by atoms with E-state index in [1.807, 2.05) is 12.1 Å². The van der Waals surface area contributed by atoms with Gasteiger partial charge in [-0.25, -0.2) is 4.98 Å². The molecule has 4 heteroatoms. The van der Waals surface area contributed by atoms with Gasteiger partial charge in [0.25, 0.3) is 5.56 Å². The van der Waals surface area contributed by atoms with Gasteiger partial charge in [-0.1, -0.05) is 23.7 Å². The largest absolute Gasteiger partial charge is 0.318 e. The van der Waals surface area contributed by atoms with Crippen LogP contribution in [0.25, 0.3) is 11.0 Å². The first-order valence-electron chi connectivity index (χ1n) is 3.42. The summed E-state index contributed by atoms with van der Waals surface area (Å²) in [5.74, 6) is 0. The van der Waals surface area contributed by atoms with E-state index in [2.05, 4.69) is 9.97 Å². The zero-order valence-corrected chi connectivity index (χ0v) is 6.80. The summed E-state index contributed by atoms with van der Waals surface area (Å²) in [5, 5.41) is -0.0197. The Morgan fingerprint density at radius 2 is 2.08 bits per heavy atom. The average Bonchev–Trinajstić information content (AvgIpc) is 2.07. The molecule has 0 aliphatic carbocycles. The van der Waals surface area contributed by atoms with Gasteiger partial charge < -0.3 is 4.98 Å². The number of nitrogens with zero attached hydrogens (tertiary/aromatic N) is 1. The molecule has 1 heterocycles. The molecule has 0 amide bonds. The van der Waals surface area contributed by atoms with E-state index in [0.717, 1.165) is 0 Å². The van der Waals surface area contributed by atoms with Gasteiger partial charge in [0.1, 0.15) is 0 Å². The molecule has 0 bridgehead atoms. The number of rotatable bonds is 0. The van der Waals surface area contributed by atoms with Crippen molar-refractivity contribution in [2.75, 3.05) is 0 Å². The van der Waals surface area contributed by atoms with Crippen LogP contribution in [0.3, 0.4) is 0 Å². The molecule has 0 radical (unpaired) electrons. The van der Waals surface area contributed by atoms with Gasteiger partial charge in [-0.05, 0) is 12.1 Å². The molecule has 0 spiro atoms. The zero-order chi connectivity index (χ0) is 8.55. The van der Waals surface area contributed by atoms with Crippen molar-refractivity contribution < 1.29 is 0 Å². The smallest absolute Gasteiger partial charge is 0.286 e. The number of nitrogens with one attached hydrogen (secondary N) is 1. The molecule has 1 aromatic carbocycles. The SMILES string of the molecule is O=c1[nH]c2ccccc2nc1Cl. The maximum atomic E-state index is 11.0. The molecule has 0 atom stereocenters. The summed E-state index contributed by atoms with van der Waals surface area (Å²) < 4.78 is 0. The minimum Gasteiger partial charge on any atom is -0.318 e. The standard InChI is InChI=1S/C8H5ClN2O/c9-7-8(12)11-6-4-2-1-3-5(6)10-7/h1-4H,(H,11,12). The molecule has 0 saturated heterocycles. The Kier molecular flexibility index (Phi) is 1.59. The van der Waals surface area contributed by atoms with Crippen LogP contribution < -0.4 is 5.56 Å². The highest BCUT2D eigenvalue weighted by Crippen LogP contribution is 2.07. The van der Waals surface area contributed by atoms with Crippen LogP contribution in [0.15, 0.2) is 29.1 Å². The number of hydrogen-bond donors (Lipinski definition) is 1. The Bertz CT molecular complexity index is 478. The van der Waals surface area contributed by atoms with Crippen LogP contribution in [-0.2, 0) is 0 Å². The number of aromatic amines is 1. The Morgan fingerprint density at radius 1 is 1.33 bits per heavy atom. The molecule has 60 valence electrons. The predicted molar refractivity (Wildman–Crippen MR) is 47.4 cm³/mol. The Hall–Kier alpha value is -1.35. The van der Waals surface area contributed by atoms with E-state index >= 15 is 0 Å². The van der Waals surface area contributed by atoms with Gasteiger partial charge in [0, 0.05) is 0 Å². The van der Waals surface area contributed by atoms with Crippen molar-refractivity contribution >= 4 is 22.6 Å². The lowest BCUT2D eigenvalue weighted by Gasteiger charge is -1.94. The number of halogens is 1. The number of aromatic nitrogens is 2. The minimum atomic E-state index is -0.352. The molecule has 3 nitrogen and oxygen atoms in total. The van der Waals surface area contributed by atoms with E-state index in [4.69, 9.17) is 11.6 Å². The lowest BCUT2D eigenvalue weighted by molar-refractivity contribution is 1.22. The fourth-order valence-corrected chi connectivity index (χ4v) is 1.15. The summed E-state index contributed by atoms with van der Waals surface area (Å²) in [4.78, 5) is 17.5. The molecule has 12 heavy (non-hydrogen) atoms. The quantitative estimate of drug-likeness (QED) is 0.669. The van der Waals surface area contributed by atoms with Gasteiger partial charge >= 0.3 is 0 Å². The highest BCUT2D eigenvalue weighted by molar-refractivity contribution is 6.29. The second-order valence-corrected chi connectivity index (χ2v) is 2.73. The molecular weight excluding hydrogens is 176 g/mol. The third kappa shape index (κ3) is 1.08. The molecule has 1 N–H and O–H groups in total. The fraction of sp³-hybridized carbons (Fsp3) is 0. The highest BCUT2D eigenvalue weighted by atomic mass is 35.5. The van der Waals surface area contributed by atoms with Crippen molar-refractivity contribution in [3.8, 4) is 0 Å². The van der Waals surface area contributed by atoms with Gasteiger partial charge in [0.2, 0.25) is 0 Å². The Labute approximate surface area is 73.0 Å². The first-order valence-corrected chi connectivity index (χ1v) is 3.80. The molecule has 2 aromatic rings. The summed E-state index contributed by atoms with van der Waals surface area (Å²) in [6, 6.07) is 7.23. The topological polar surface area (TPSA) is 45.8 Å². The number of H-pyrrole nitrogens is 1. The highest BCUT2D eigenvalue weighted by Gasteiger charge is 1.99. The Balaban J connectivity index is 2.93. The van der Waals surface area contributed by atoms with Crippen molar-refractivity contribution in [3.05, 3.63) is 39.8 Å². The molecule has 0 aliphatic heterocycles. The van der Waals surface area contributed by atoms with E-state index < -0.39 is 0 Å². The summed E-state index contributed by atoms with van der Waals surface area (Å²) >= 11 is 5.53. The molecular formula is C8H5ClN2O. The van der Waals surface area contributed by atoms with E-state index in [1.165, 1.54) is 0 Å². The lowest BCUT2D eigenvalue weighted by Crippen LogP contribution is -2.07. The van der Waals surface area contributed by atoms with Crippen LogP contribution in [0.5, 0.6) is 0 Å². The molecule has 1 aromatic heterocycles. The van der Waals surface area contributed by atoms with Gasteiger partial charge in [0.05, 0.1) is 11.0 Å². The minimum absolute atomic E-state index is 0.0197. The molecule has 0 saturated carbocycles. The van der Waals surface area contributed by atoms with Crippen molar-refractivity contribution in [2.24, 2.45) is 0 Å². The van der Waals surface area contributed by atoms with Crippen LogP contribution in [0.2, 0.25) is 5.15 Å². The first kappa shape index (κ1) is 7.31. The third-order valence-corrected chi connectivity index (χ3v) is 1.81. The molecule has 0 aliphatic rings. The van der Waals surface area contributed by atoms with Crippen molar-refractivity contribution in [2.45, 2.75) is 0 Å². The number of para-hydroxylation sites is 2. The molecule has 2 rings (SSSR count). The number of fused-ring (bicyclic) bond motifs is 1. The lowest BCUT2D eigenvalue weighted by atomic mass is 10.3. The molecule has 0 fully saturated rings. The monoisotopic (exact) mass is 180 g/mol. The van der Waals surface area contributed by atoms with Crippen LogP contribution in [0.4, 0.5) is 0 Å².